The fourth-order valence-electron chi connectivity index (χ4n) is 2.93. The van der Waals surface area contributed by atoms with Gasteiger partial charge >= 0.3 is 5.97 Å². The topological polar surface area (TPSA) is 46.5 Å². The highest BCUT2D eigenvalue weighted by molar-refractivity contribution is 5.81. The summed E-state index contributed by atoms with van der Waals surface area (Å²) in [5.41, 5.74) is -0.724. The number of aliphatic carboxylic acids is 1. The average Bonchev–Trinajstić information content (AvgIpc) is 2.51. The van der Waals surface area contributed by atoms with Crippen LogP contribution in [0, 0.1) is 16.2 Å². The van der Waals surface area contributed by atoms with Crippen LogP contribution in [0.25, 0.3) is 0 Å². The fourth-order valence-corrected chi connectivity index (χ4v) is 2.93. The molecule has 3 nitrogen and oxygen atoms in total. The zero-order chi connectivity index (χ0) is 9.91. The molecule has 0 aromatic heterocycles. The van der Waals surface area contributed by atoms with E-state index >= 15 is 0 Å². The zero-order valence-corrected chi connectivity index (χ0v) is 8.39. The van der Waals surface area contributed by atoms with Gasteiger partial charge in [-0.25, -0.2) is 0 Å². The van der Waals surface area contributed by atoms with Gasteiger partial charge in [-0.05, 0) is 11.8 Å². The lowest BCUT2D eigenvalue weighted by Crippen LogP contribution is -2.52. The Morgan fingerprint density at radius 1 is 1.31 bits per heavy atom. The molecule has 0 bridgehead atoms. The summed E-state index contributed by atoms with van der Waals surface area (Å²) >= 11 is 0. The lowest BCUT2D eigenvalue weighted by atomic mass is 9.68. The molecule has 0 spiro atoms. The Labute approximate surface area is 78.1 Å². The summed E-state index contributed by atoms with van der Waals surface area (Å²) in [5, 5.41) is 9.28. The first-order valence-electron chi connectivity index (χ1n) is 4.67. The molecule has 1 saturated heterocycles. The van der Waals surface area contributed by atoms with Crippen LogP contribution in [-0.2, 0) is 9.53 Å². The lowest BCUT2D eigenvalue weighted by molar-refractivity contribution is -0.182. The van der Waals surface area contributed by atoms with E-state index < -0.39 is 11.4 Å². The number of carboxylic acids is 1. The first kappa shape index (κ1) is 9.00. The largest absolute Gasteiger partial charge is 0.481 e. The third-order valence-corrected chi connectivity index (χ3v) is 3.97. The van der Waals surface area contributed by atoms with Gasteiger partial charge in [0.05, 0.1) is 18.6 Å². The Balaban J connectivity index is 2.32. The minimum absolute atomic E-state index is 0.0582. The van der Waals surface area contributed by atoms with Crippen molar-refractivity contribution in [2.24, 2.45) is 16.2 Å². The highest BCUT2D eigenvalue weighted by Crippen LogP contribution is 2.73. The van der Waals surface area contributed by atoms with Gasteiger partial charge in [0.1, 0.15) is 0 Å². The van der Waals surface area contributed by atoms with E-state index in [4.69, 9.17) is 4.74 Å². The molecule has 1 heterocycles. The van der Waals surface area contributed by atoms with Crippen LogP contribution in [0.5, 0.6) is 0 Å². The van der Waals surface area contributed by atoms with Gasteiger partial charge < -0.3 is 9.84 Å². The second-order valence-corrected chi connectivity index (χ2v) is 5.32. The second-order valence-electron chi connectivity index (χ2n) is 5.32. The maximum Gasteiger partial charge on any atom is 0.310 e. The quantitative estimate of drug-likeness (QED) is 0.707. The molecule has 1 aliphatic carbocycles. The van der Waals surface area contributed by atoms with Crippen LogP contribution < -0.4 is 0 Å². The van der Waals surface area contributed by atoms with Crippen LogP contribution in [-0.4, -0.2) is 24.3 Å². The maximum absolute atomic E-state index is 11.3. The van der Waals surface area contributed by atoms with Gasteiger partial charge in [-0.1, -0.05) is 20.8 Å². The van der Waals surface area contributed by atoms with Gasteiger partial charge in [0.2, 0.25) is 0 Å². The van der Waals surface area contributed by atoms with Crippen molar-refractivity contribution in [2.75, 3.05) is 13.2 Å². The first-order valence-corrected chi connectivity index (χ1v) is 4.67. The van der Waals surface area contributed by atoms with Gasteiger partial charge in [0.15, 0.2) is 0 Å². The Hall–Kier alpha value is -0.570. The summed E-state index contributed by atoms with van der Waals surface area (Å²) in [6.07, 6.45) is 0.787. The molecule has 2 fully saturated rings. The Kier molecular flexibility index (Phi) is 1.44. The molecule has 3 heteroatoms. The van der Waals surface area contributed by atoms with Crippen LogP contribution >= 0.6 is 0 Å². The number of carboxylic acid groups (broad SMARTS) is 1. The van der Waals surface area contributed by atoms with Gasteiger partial charge in [0, 0.05) is 5.41 Å². The van der Waals surface area contributed by atoms with Crippen molar-refractivity contribution in [3.05, 3.63) is 0 Å². The molecule has 2 aliphatic rings. The highest BCUT2D eigenvalue weighted by atomic mass is 16.5. The summed E-state index contributed by atoms with van der Waals surface area (Å²) in [7, 11) is 0. The molecule has 1 saturated carbocycles. The lowest BCUT2D eigenvalue weighted by Gasteiger charge is -2.44. The minimum atomic E-state index is -0.650. The van der Waals surface area contributed by atoms with E-state index in [0.717, 1.165) is 6.42 Å². The van der Waals surface area contributed by atoms with E-state index in [1.807, 2.05) is 20.8 Å². The summed E-state index contributed by atoms with van der Waals surface area (Å²) in [4.78, 5) is 11.3. The predicted octanol–water partition coefficient (Wildman–Crippen LogP) is 1.52. The molecule has 2 rings (SSSR count). The summed E-state index contributed by atoms with van der Waals surface area (Å²) in [5.74, 6) is -0.650. The van der Waals surface area contributed by atoms with Gasteiger partial charge in [-0.2, -0.15) is 0 Å². The Morgan fingerprint density at radius 2 is 1.77 bits per heavy atom. The number of rotatable bonds is 2. The molecular formula is C10H16O3. The predicted molar refractivity (Wildman–Crippen MR) is 47.4 cm³/mol. The van der Waals surface area contributed by atoms with Crippen LogP contribution in [0.3, 0.4) is 0 Å². The minimum Gasteiger partial charge on any atom is -0.481 e. The van der Waals surface area contributed by atoms with Crippen LogP contribution in [0.1, 0.15) is 27.2 Å². The molecule has 0 amide bonds. The normalized spacial score (nSPS) is 39.3. The SMILES string of the molecule is CC1(C)CC1(C(=O)O)C1(C)COC1. The molecule has 1 unspecified atom stereocenters. The number of hydrogen-bond donors (Lipinski definition) is 1. The molecule has 0 aromatic carbocycles. The second kappa shape index (κ2) is 2.08. The Morgan fingerprint density at radius 3 is 1.85 bits per heavy atom. The molecule has 13 heavy (non-hydrogen) atoms. The summed E-state index contributed by atoms with van der Waals surface area (Å²) in [6.45, 7) is 7.29. The van der Waals surface area contributed by atoms with Crippen molar-refractivity contribution in [1.29, 1.82) is 0 Å². The average molecular weight is 184 g/mol. The standard InChI is InChI=1S/C10H16O3/c1-8(2)4-10(8,7(11)12)9(3)5-13-6-9/h4-6H2,1-3H3,(H,11,12). The van der Waals surface area contributed by atoms with Crippen molar-refractivity contribution in [2.45, 2.75) is 27.2 Å². The van der Waals surface area contributed by atoms with E-state index in [0.29, 0.717) is 13.2 Å². The van der Waals surface area contributed by atoms with Crippen molar-refractivity contribution < 1.29 is 14.6 Å². The zero-order valence-electron chi connectivity index (χ0n) is 8.39. The summed E-state index contributed by atoms with van der Waals surface area (Å²) in [6, 6.07) is 0. The first-order chi connectivity index (χ1) is 5.86. The van der Waals surface area contributed by atoms with Gasteiger partial charge in [-0.3, -0.25) is 4.79 Å². The van der Waals surface area contributed by atoms with Crippen molar-refractivity contribution in [3.63, 3.8) is 0 Å². The van der Waals surface area contributed by atoms with Crippen molar-refractivity contribution >= 4 is 5.97 Å². The molecule has 1 atom stereocenters. The van der Waals surface area contributed by atoms with Gasteiger partial charge in [-0.15, -0.1) is 0 Å². The number of hydrogen-bond acceptors (Lipinski definition) is 2. The monoisotopic (exact) mass is 184 g/mol. The van der Waals surface area contributed by atoms with E-state index in [1.54, 1.807) is 0 Å². The molecule has 1 N–H and O–H groups in total. The molecule has 1 aliphatic heterocycles. The third-order valence-electron chi connectivity index (χ3n) is 3.97. The van der Waals surface area contributed by atoms with Crippen LogP contribution in [0.2, 0.25) is 0 Å². The third kappa shape index (κ3) is 0.810. The fraction of sp³-hybridized carbons (Fsp3) is 0.900. The smallest absolute Gasteiger partial charge is 0.310 e. The van der Waals surface area contributed by atoms with E-state index in [-0.39, 0.29) is 10.8 Å². The number of ether oxygens (including phenoxy) is 1. The maximum atomic E-state index is 11.3. The molecule has 0 aromatic rings. The van der Waals surface area contributed by atoms with E-state index in [1.165, 1.54) is 0 Å². The number of carbonyl (C=O) groups is 1. The molecule has 0 radical (unpaired) electrons. The summed E-state index contributed by atoms with van der Waals surface area (Å²) < 4.78 is 5.14. The highest BCUT2D eigenvalue weighted by Gasteiger charge is 2.76. The Bertz CT molecular complexity index is 265. The molecule has 74 valence electrons. The van der Waals surface area contributed by atoms with E-state index in [2.05, 4.69) is 0 Å². The molecular weight excluding hydrogens is 168 g/mol. The van der Waals surface area contributed by atoms with Crippen molar-refractivity contribution in [1.82, 2.24) is 0 Å². The van der Waals surface area contributed by atoms with E-state index in [9.17, 15) is 9.90 Å². The van der Waals surface area contributed by atoms with Crippen LogP contribution in [0.4, 0.5) is 0 Å². The van der Waals surface area contributed by atoms with Crippen LogP contribution in [0.15, 0.2) is 0 Å². The van der Waals surface area contributed by atoms with Gasteiger partial charge in [0.25, 0.3) is 0 Å². The van der Waals surface area contributed by atoms with Crippen molar-refractivity contribution in [3.8, 4) is 0 Å².